The lowest BCUT2D eigenvalue weighted by Gasteiger charge is -2.10. The van der Waals surface area contributed by atoms with E-state index in [2.05, 4.69) is 26.0 Å². The van der Waals surface area contributed by atoms with Crippen LogP contribution in [0.2, 0.25) is 5.28 Å². The van der Waals surface area contributed by atoms with Gasteiger partial charge in [0.2, 0.25) is 5.28 Å². The number of nitrogens with one attached hydrogen (secondary N) is 1. The highest BCUT2D eigenvalue weighted by molar-refractivity contribution is 6.29. The Labute approximate surface area is 155 Å². The van der Waals surface area contributed by atoms with Gasteiger partial charge >= 0.3 is 0 Å². The summed E-state index contributed by atoms with van der Waals surface area (Å²) in [6, 6.07) is 9.71. The fourth-order valence-corrected chi connectivity index (χ4v) is 3.49. The van der Waals surface area contributed by atoms with Crippen molar-refractivity contribution in [3.05, 3.63) is 64.1 Å². The highest BCUT2D eigenvalue weighted by Gasteiger charge is 2.18. The largest absolute Gasteiger partial charge is 0.361 e. The maximum atomic E-state index is 7.31. The highest BCUT2D eigenvalue weighted by atomic mass is 35.5. The predicted molar refractivity (Wildman–Crippen MR) is 103 cm³/mol. The lowest BCUT2D eigenvalue weighted by atomic mass is 9.94. The summed E-state index contributed by atoms with van der Waals surface area (Å²) in [5, 5.41) is 4.39. The van der Waals surface area contributed by atoms with Gasteiger partial charge in [-0.05, 0) is 67.3 Å². The normalized spacial score (nSPS) is 11.0. The van der Waals surface area contributed by atoms with E-state index < -0.39 is 0 Å². The summed E-state index contributed by atoms with van der Waals surface area (Å²) in [6.07, 6.45) is 0. The predicted octanol–water partition coefficient (Wildman–Crippen LogP) is 6.01. The minimum Gasteiger partial charge on any atom is -0.361 e. The smallest absolute Gasteiger partial charge is 0.201 e. The van der Waals surface area contributed by atoms with E-state index in [4.69, 9.17) is 22.7 Å². The summed E-state index contributed by atoms with van der Waals surface area (Å²) >= 11 is 6.13. The second-order valence-corrected chi connectivity index (χ2v) is 6.62. The van der Waals surface area contributed by atoms with Gasteiger partial charge in [-0.2, -0.15) is 0 Å². The first-order chi connectivity index (χ1) is 12.5. The molecule has 0 aliphatic carbocycles. The molecule has 0 unspecified atom stereocenters. The second kappa shape index (κ2) is 6.01. The lowest BCUT2D eigenvalue weighted by molar-refractivity contribution is 0.393. The lowest BCUT2D eigenvalue weighted by Crippen LogP contribution is -1.89. The number of aromatic nitrogens is 3. The van der Waals surface area contributed by atoms with Gasteiger partial charge in [-0.25, -0.2) is 9.83 Å². The number of imidazole rings is 1. The first-order valence-electron chi connectivity index (χ1n) is 8.09. The molecule has 0 saturated heterocycles. The van der Waals surface area contributed by atoms with Crippen LogP contribution in [0.25, 0.3) is 38.1 Å². The monoisotopic (exact) mass is 362 g/mol. The number of H-pyrrole nitrogens is 1. The molecule has 6 heteroatoms. The molecule has 0 spiro atoms. The van der Waals surface area contributed by atoms with Crippen LogP contribution in [-0.2, 0) is 0 Å². The zero-order valence-electron chi connectivity index (χ0n) is 14.5. The molecule has 0 radical (unpaired) electrons. The highest BCUT2D eigenvalue weighted by Crippen LogP contribution is 2.38. The van der Waals surface area contributed by atoms with Gasteiger partial charge in [0.1, 0.15) is 5.76 Å². The summed E-state index contributed by atoms with van der Waals surface area (Å²) in [5.74, 6) is 0.755. The maximum absolute atomic E-state index is 7.31. The number of aromatic amines is 1. The van der Waals surface area contributed by atoms with E-state index >= 15 is 0 Å². The fourth-order valence-electron chi connectivity index (χ4n) is 3.30. The number of benzene rings is 2. The molecule has 4 aromatic rings. The van der Waals surface area contributed by atoms with Crippen LogP contribution in [0.3, 0.4) is 0 Å². The summed E-state index contributed by atoms with van der Waals surface area (Å²) in [5.41, 5.74) is 7.88. The van der Waals surface area contributed by atoms with Gasteiger partial charge in [0.25, 0.3) is 0 Å². The molecule has 0 saturated carbocycles. The van der Waals surface area contributed by atoms with E-state index in [9.17, 15) is 0 Å². The van der Waals surface area contributed by atoms with Crippen LogP contribution in [-0.4, -0.2) is 15.1 Å². The second-order valence-electron chi connectivity index (χ2n) is 6.26. The Balaban J connectivity index is 2.08. The van der Waals surface area contributed by atoms with Crippen molar-refractivity contribution in [2.45, 2.75) is 20.8 Å². The summed E-state index contributed by atoms with van der Waals surface area (Å²) in [6.45, 7) is 13.1. The van der Waals surface area contributed by atoms with Crippen LogP contribution in [0.4, 0.5) is 5.69 Å². The van der Waals surface area contributed by atoms with Crippen LogP contribution in [0.5, 0.6) is 0 Å². The molecule has 128 valence electrons. The Hall–Kier alpha value is -3.10. The molecule has 4 rings (SSSR count). The molecular weight excluding hydrogens is 348 g/mol. The van der Waals surface area contributed by atoms with Crippen LogP contribution >= 0.6 is 11.6 Å². The number of hydrogen-bond acceptors (Lipinski definition) is 3. The van der Waals surface area contributed by atoms with Crippen molar-refractivity contribution in [2.24, 2.45) is 0 Å². The van der Waals surface area contributed by atoms with Gasteiger partial charge in [-0.15, -0.1) is 0 Å². The van der Waals surface area contributed by atoms with Crippen LogP contribution < -0.4 is 0 Å². The van der Waals surface area contributed by atoms with Crippen molar-refractivity contribution in [1.82, 2.24) is 15.1 Å². The number of halogens is 1. The van der Waals surface area contributed by atoms with E-state index in [0.29, 0.717) is 11.0 Å². The standard InChI is InChI=1S/C20H15ClN4O/c1-10-5-6-14(22-4)9-15(10)16-7-13(18-11(2)25-26-12(18)3)8-17-19(16)24-20(21)23-17/h5-9H,1-3H3,(H,23,24). The summed E-state index contributed by atoms with van der Waals surface area (Å²) in [7, 11) is 0. The van der Waals surface area contributed by atoms with Crippen LogP contribution in [0, 0.1) is 27.3 Å². The number of aryl methyl sites for hydroxylation is 3. The number of rotatable bonds is 2. The summed E-state index contributed by atoms with van der Waals surface area (Å²) in [4.78, 5) is 11.1. The van der Waals surface area contributed by atoms with Gasteiger partial charge in [0.05, 0.1) is 23.3 Å². The third-order valence-corrected chi connectivity index (χ3v) is 4.70. The van der Waals surface area contributed by atoms with E-state index in [-0.39, 0.29) is 0 Å². The van der Waals surface area contributed by atoms with Gasteiger partial charge in [-0.1, -0.05) is 17.3 Å². The maximum Gasteiger partial charge on any atom is 0.201 e. The van der Waals surface area contributed by atoms with Crippen molar-refractivity contribution < 1.29 is 4.52 Å². The van der Waals surface area contributed by atoms with E-state index in [1.165, 1.54) is 0 Å². The molecule has 0 bridgehead atoms. The van der Waals surface area contributed by atoms with Crippen molar-refractivity contribution in [2.75, 3.05) is 0 Å². The Kier molecular flexibility index (Phi) is 3.78. The Morgan fingerprint density at radius 1 is 1.12 bits per heavy atom. The molecule has 5 nitrogen and oxygen atoms in total. The zero-order valence-corrected chi connectivity index (χ0v) is 15.3. The van der Waals surface area contributed by atoms with E-state index in [0.717, 1.165) is 50.3 Å². The molecule has 0 amide bonds. The molecule has 2 aromatic carbocycles. The first-order valence-corrected chi connectivity index (χ1v) is 8.46. The molecule has 0 fully saturated rings. The molecule has 2 aromatic heterocycles. The quantitative estimate of drug-likeness (QED) is 0.444. The average Bonchev–Trinajstić information content (AvgIpc) is 3.15. The third-order valence-electron chi connectivity index (χ3n) is 4.52. The van der Waals surface area contributed by atoms with Crippen LogP contribution in [0.15, 0.2) is 34.9 Å². The third kappa shape index (κ3) is 2.56. The van der Waals surface area contributed by atoms with Crippen LogP contribution in [0.1, 0.15) is 17.0 Å². The van der Waals surface area contributed by atoms with Crippen molar-refractivity contribution >= 4 is 28.3 Å². The minimum atomic E-state index is 0.330. The zero-order chi connectivity index (χ0) is 18.4. The number of fused-ring (bicyclic) bond motifs is 1. The Morgan fingerprint density at radius 3 is 2.62 bits per heavy atom. The van der Waals surface area contributed by atoms with Crippen molar-refractivity contribution in [3.63, 3.8) is 0 Å². The van der Waals surface area contributed by atoms with Crippen molar-refractivity contribution in [3.8, 4) is 22.3 Å². The number of nitrogens with zero attached hydrogens (tertiary/aromatic N) is 3. The van der Waals surface area contributed by atoms with Gasteiger partial charge in [0.15, 0.2) is 5.69 Å². The van der Waals surface area contributed by atoms with E-state index in [1.807, 2.05) is 45.0 Å². The van der Waals surface area contributed by atoms with Gasteiger partial charge in [0, 0.05) is 11.1 Å². The Morgan fingerprint density at radius 2 is 1.92 bits per heavy atom. The van der Waals surface area contributed by atoms with E-state index in [1.54, 1.807) is 0 Å². The SMILES string of the molecule is [C-]#[N+]c1ccc(C)c(-c2cc(-c3c(C)noc3C)cc3[nH]c(Cl)nc23)c1. The molecule has 0 atom stereocenters. The molecule has 0 aliphatic rings. The Bertz CT molecular complexity index is 1180. The van der Waals surface area contributed by atoms with Crippen molar-refractivity contribution in [1.29, 1.82) is 0 Å². The van der Waals surface area contributed by atoms with Gasteiger partial charge < -0.3 is 9.51 Å². The molecule has 1 N–H and O–H groups in total. The minimum absolute atomic E-state index is 0.330. The van der Waals surface area contributed by atoms with Gasteiger partial charge in [-0.3, -0.25) is 0 Å². The summed E-state index contributed by atoms with van der Waals surface area (Å²) < 4.78 is 5.33. The first kappa shape index (κ1) is 16.4. The fraction of sp³-hybridized carbons (Fsp3) is 0.150. The average molecular weight is 363 g/mol. The molecule has 26 heavy (non-hydrogen) atoms. The number of hydrogen-bond donors (Lipinski definition) is 1. The topological polar surface area (TPSA) is 59.1 Å². The molecule has 2 heterocycles. The molecule has 0 aliphatic heterocycles. The molecular formula is C20H15ClN4O.